The normalized spacial score (nSPS) is 14.0. The van der Waals surface area contributed by atoms with Crippen LogP contribution in [0.2, 0.25) is 0 Å². The Labute approximate surface area is 171 Å². The van der Waals surface area contributed by atoms with Crippen LogP contribution in [0.1, 0.15) is 21.5 Å². The van der Waals surface area contributed by atoms with Crippen molar-refractivity contribution >= 4 is 23.2 Å². The van der Waals surface area contributed by atoms with Crippen molar-refractivity contribution in [1.29, 1.82) is 0 Å². The molecule has 0 atom stereocenters. The van der Waals surface area contributed by atoms with Gasteiger partial charge in [-0.3, -0.25) is 4.79 Å². The van der Waals surface area contributed by atoms with Crippen LogP contribution in [0.5, 0.6) is 0 Å². The molecule has 0 spiro atoms. The standard InChI is InChI=1S/C23H25N5O/c1-17-7-6-10-21(18(17)2)26-23-24-15-19(16-25-23)22(29)28-13-11-27(12-14-28)20-8-4-3-5-9-20/h3-10,15-16H,11-14H2,1-2H3,(H,24,25,26). The summed E-state index contributed by atoms with van der Waals surface area (Å²) >= 11 is 0. The molecule has 148 valence electrons. The number of hydrogen-bond donors (Lipinski definition) is 1. The van der Waals surface area contributed by atoms with Gasteiger partial charge in [0.05, 0.1) is 5.56 Å². The van der Waals surface area contributed by atoms with Crippen LogP contribution in [-0.2, 0) is 0 Å². The third-order valence-corrected chi connectivity index (χ3v) is 5.44. The first-order chi connectivity index (χ1) is 14.1. The third kappa shape index (κ3) is 4.21. The highest BCUT2D eigenvalue weighted by Crippen LogP contribution is 2.21. The molecule has 1 aromatic heterocycles. The van der Waals surface area contributed by atoms with Crippen molar-refractivity contribution in [2.75, 3.05) is 36.4 Å². The average molecular weight is 387 g/mol. The summed E-state index contributed by atoms with van der Waals surface area (Å²) in [5, 5.41) is 3.23. The monoisotopic (exact) mass is 387 g/mol. The van der Waals surface area contributed by atoms with Gasteiger partial charge in [-0.2, -0.15) is 0 Å². The number of nitrogens with one attached hydrogen (secondary N) is 1. The van der Waals surface area contributed by atoms with E-state index in [4.69, 9.17) is 0 Å². The van der Waals surface area contributed by atoms with Crippen LogP contribution in [0.3, 0.4) is 0 Å². The lowest BCUT2D eigenvalue weighted by molar-refractivity contribution is 0.0746. The van der Waals surface area contributed by atoms with Crippen LogP contribution in [-0.4, -0.2) is 47.0 Å². The largest absolute Gasteiger partial charge is 0.368 e. The number of carbonyl (C=O) groups excluding carboxylic acids is 1. The molecule has 2 aromatic carbocycles. The lowest BCUT2D eigenvalue weighted by atomic mass is 10.1. The summed E-state index contributed by atoms with van der Waals surface area (Å²) in [6.07, 6.45) is 3.21. The Morgan fingerprint density at radius 1 is 0.897 bits per heavy atom. The van der Waals surface area contributed by atoms with Crippen molar-refractivity contribution in [2.24, 2.45) is 0 Å². The third-order valence-electron chi connectivity index (χ3n) is 5.44. The van der Waals surface area contributed by atoms with Crippen LogP contribution < -0.4 is 10.2 Å². The second-order valence-corrected chi connectivity index (χ2v) is 7.28. The molecule has 1 aliphatic rings. The highest BCUT2D eigenvalue weighted by atomic mass is 16.2. The van der Waals surface area contributed by atoms with Crippen molar-refractivity contribution < 1.29 is 4.79 Å². The Kier molecular flexibility index (Phi) is 5.42. The van der Waals surface area contributed by atoms with Gasteiger partial charge in [-0.15, -0.1) is 0 Å². The molecule has 1 aliphatic heterocycles. The van der Waals surface area contributed by atoms with Crippen molar-refractivity contribution in [3.05, 3.63) is 77.6 Å². The maximum atomic E-state index is 12.8. The fourth-order valence-corrected chi connectivity index (χ4v) is 3.50. The van der Waals surface area contributed by atoms with Gasteiger partial charge in [0.15, 0.2) is 0 Å². The molecule has 6 nitrogen and oxygen atoms in total. The van der Waals surface area contributed by atoms with Crippen molar-refractivity contribution in [3.8, 4) is 0 Å². The number of para-hydroxylation sites is 1. The highest BCUT2D eigenvalue weighted by Gasteiger charge is 2.22. The predicted molar refractivity (Wildman–Crippen MR) is 116 cm³/mol. The minimum atomic E-state index is -0.0176. The van der Waals surface area contributed by atoms with Gasteiger partial charge in [0.25, 0.3) is 5.91 Å². The number of nitrogens with zero attached hydrogens (tertiary/aromatic N) is 4. The van der Waals surface area contributed by atoms with E-state index in [1.807, 2.05) is 35.2 Å². The fraction of sp³-hybridized carbons (Fsp3) is 0.261. The summed E-state index contributed by atoms with van der Waals surface area (Å²) in [6, 6.07) is 16.4. The van der Waals surface area contributed by atoms with Crippen molar-refractivity contribution in [2.45, 2.75) is 13.8 Å². The van der Waals surface area contributed by atoms with Gasteiger partial charge in [0.2, 0.25) is 5.95 Å². The van der Waals surface area contributed by atoms with E-state index in [0.717, 1.165) is 24.3 Å². The van der Waals surface area contributed by atoms with Crippen LogP contribution >= 0.6 is 0 Å². The van der Waals surface area contributed by atoms with E-state index in [2.05, 4.69) is 52.2 Å². The Hall–Kier alpha value is -3.41. The zero-order valence-corrected chi connectivity index (χ0v) is 16.8. The molecule has 0 bridgehead atoms. The second kappa shape index (κ2) is 8.31. The van der Waals surface area contributed by atoms with E-state index >= 15 is 0 Å². The number of amides is 1. The molecular weight excluding hydrogens is 362 g/mol. The van der Waals surface area contributed by atoms with E-state index in [0.29, 0.717) is 24.6 Å². The van der Waals surface area contributed by atoms with Gasteiger partial charge < -0.3 is 15.1 Å². The molecule has 1 amide bonds. The van der Waals surface area contributed by atoms with Crippen LogP contribution in [0.25, 0.3) is 0 Å². The van der Waals surface area contributed by atoms with Gasteiger partial charge in [0.1, 0.15) is 0 Å². The molecule has 0 radical (unpaired) electrons. The molecule has 0 unspecified atom stereocenters. The van der Waals surface area contributed by atoms with Gasteiger partial charge in [-0.25, -0.2) is 9.97 Å². The minimum absolute atomic E-state index is 0.0176. The number of benzene rings is 2. The Morgan fingerprint density at radius 3 is 2.28 bits per heavy atom. The summed E-state index contributed by atoms with van der Waals surface area (Å²) in [5.41, 5.74) is 5.06. The summed E-state index contributed by atoms with van der Waals surface area (Å²) in [4.78, 5) is 25.7. The lowest BCUT2D eigenvalue weighted by Crippen LogP contribution is -2.48. The first kappa shape index (κ1) is 18.9. The molecule has 1 N–H and O–H groups in total. The Balaban J connectivity index is 1.38. The SMILES string of the molecule is Cc1cccc(Nc2ncc(C(=O)N3CCN(c4ccccc4)CC3)cn2)c1C. The predicted octanol–water partition coefficient (Wildman–Crippen LogP) is 3.80. The summed E-state index contributed by atoms with van der Waals surface area (Å²) < 4.78 is 0. The van der Waals surface area contributed by atoms with E-state index in [-0.39, 0.29) is 5.91 Å². The quantitative estimate of drug-likeness (QED) is 0.738. The molecule has 1 fully saturated rings. The summed E-state index contributed by atoms with van der Waals surface area (Å²) in [7, 11) is 0. The van der Waals surface area contributed by atoms with Gasteiger partial charge >= 0.3 is 0 Å². The zero-order valence-electron chi connectivity index (χ0n) is 16.8. The Bertz CT molecular complexity index is 980. The first-order valence-corrected chi connectivity index (χ1v) is 9.86. The molecule has 29 heavy (non-hydrogen) atoms. The minimum Gasteiger partial charge on any atom is -0.368 e. The molecule has 4 rings (SSSR count). The number of anilines is 3. The highest BCUT2D eigenvalue weighted by molar-refractivity contribution is 5.94. The molecule has 1 saturated heterocycles. The van der Waals surface area contributed by atoms with Gasteiger partial charge in [-0.1, -0.05) is 30.3 Å². The van der Waals surface area contributed by atoms with E-state index in [9.17, 15) is 4.79 Å². The molecule has 0 aliphatic carbocycles. The molecular formula is C23H25N5O. The van der Waals surface area contributed by atoms with E-state index in [1.165, 1.54) is 11.3 Å². The number of hydrogen-bond acceptors (Lipinski definition) is 5. The summed E-state index contributed by atoms with van der Waals surface area (Å²) in [5.74, 6) is 0.472. The van der Waals surface area contributed by atoms with Crippen molar-refractivity contribution in [3.63, 3.8) is 0 Å². The second-order valence-electron chi connectivity index (χ2n) is 7.28. The van der Waals surface area contributed by atoms with Crippen LogP contribution in [0, 0.1) is 13.8 Å². The lowest BCUT2D eigenvalue weighted by Gasteiger charge is -2.36. The topological polar surface area (TPSA) is 61.4 Å². The fourth-order valence-electron chi connectivity index (χ4n) is 3.50. The van der Waals surface area contributed by atoms with Crippen molar-refractivity contribution in [1.82, 2.24) is 14.9 Å². The zero-order chi connectivity index (χ0) is 20.2. The van der Waals surface area contributed by atoms with Gasteiger partial charge in [-0.05, 0) is 43.2 Å². The molecule has 2 heterocycles. The smallest absolute Gasteiger partial charge is 0.257 e. The van der Waals surface area contributed by atoms with E-state index < -0.39 is 0 Å². The van der Waals surface area contributed by atoms with Crippen LogP contribution in [0.15, 0.2) is 60.9 Å². The number of piperazine rings is 1. The number of aromatic nitrogens is 2. The number of aryl methyl sites for hydroxylation is 1. The maximum absolute atomic E-state index is 12.8. The van der Waals surface area contributed by atoms with E-state index in [1.54, 1.807) is 12.4 Å². The molecule has 3 aromatic rings. The molecule has 0 saturated carbocycles. The Morgan fingerprint density at radius 2 is 1.59 bits per heavy atom. The first-order valence-electron chi connectivity index (χ1n) is 9.86. The molecule has 6 heteroatoms. The van der Waals surface area contributed by atoms with Crippen LogP contribution in [0.4, 0.5) is 17.3 Å². The summed E-state index contributed by atoms with van der Waals surface area (Å²) in [6.45, 7) is 7.16. The number of carbonyl (C=O) groups is 1. The number of rotatable bonds is 4. The maximum Gasteiger partial charge on any atom is 0.257 e. The van der Waals surface area contributed by atoms with Gasteiger partial charge in [0, 0.05) is 49.9 Å². The average Bonchev–Trinajstić information content (AvgIpc) is 2.78.